The lowest BCUT2D eigenvalue weighted by Crippen LogP contribution is -2.31. The van der Waals surface area contributed by atoms with Gasteiger partial charge < -0.3 is 4.90 Å². The number of anilines is 1. The van der Waals surface area contributed by atoms with Gasteiger partial charge >= 0.3 is 0 Å². The zero-order chi connectivity index (χ0) is 17.1. The molecule has 5 heteroatoms. The largest absolute Gasteiger partial charge is 0.307 e. The van der Waals surface area contributed by atoms with Crippen LogP contribution in [0.25, 0.3) is 0 Å². The fourth-order valence-corrected chi connectivity index (χ4v) is 7.05. The predicted octanol–water partition coefficient (Wildman–Crippen LogP) is 5.70. The van der Waals surface area contributed by atoms with E-state index in [-0.39, 0.29) is 5.91 Å². The summed E-state index contributed by atoms with van der Waals surface area (Å²) in [5.41, 5.74) is 3.17. The number of amides is 1. The molecule has 0 aliphatic carbocycles. The summed E-state index contributed by atoms with van der Waals surface area (Å²) >= 11 is 5.88. The van der Waals surface area contributed by atoms with E-state index in [1.165, 1.54) is 28.4 Å². The van der Waals surface area contributed by atoms with Gasteiger partial charge in [-0.3, -0.25) is 4.79 Å². The van der Waals surface area contributed by atoms with Crippen LogP contribution in [0.1, 0.15) is 33.3 Å². The molecule has 2 aliphatic rings. The molecule has 25 heavy (non-hydrogen) atoms. The molecule has 2 nitrogen and oxygen atoms in total. The van der Waals surface area contributed by atoms with Crippen molar-refractivity contribution in [1.29, 1.82) is 0 Å². The molecule has 0 N–H and O–H groups in total. The summed E-state index contributed by atoms with van der Waals surface area (Å²) in [6.45, 7) is 0.791. The summed E-state index contributed by atoms with van der Waals surface area (Å²) in [4.78, 5) is 16.3. The highest BCUT2D eigenvalue weighted by atomic mass is 32.2. The van der Waals surface area contributed by atoms with E-state index in [2.05, 4.69) is 24.3 Å². The molecule has 0 radical (unpaired) electrons. The SMILES string of the molecule is O=C(c1ccc(C2SCCCS2)cc1)N1CCCSc2ccccc21. The molecule has 4 rings (SSSR count). The highest BCUT2D eigenvalue weighted by molar-refractivity contribution is 8.16. The number of hydrogen-bond donors (Lipinski definition) is 0. The fraction of sp³-hybridized carbons (Fsp3) is 0.350. The lowest BCUT2D eigenvalue weighted by molar-refractivity contribution is 0.0986. The number of rotatable bonds is 2. The molecule has 0 bridgehead atoms. The van der Waals surface area contributed by atoms with Gasteiger partial charge in [0.2, 0.25) is 0 Å². The molecule has 2 aliphatic heterocycles. The third-order valence-corrected chi connectivity index (χ3v) is 8.61. The van der Waals surface area contributed by atoms with Crippen LogP contribution in [0.4, 0.5) is 5.69 Å². The standard InChI is InChI=1S/C20H21NOS3/c22-19(21-11-3-12-23-18-6-2-1-5-17(18)21)15-7-9-16(10-8-15)20-24-13-4-14-25-20/h1-2,5-10,20H,3-4,11-14H2. The van der Waals surface area contributed by atoms with Crippen molar-refractivity contribution in [1.82, 2.24) is 0 Å². The van der Waals surface area contributed by atoms with E-state index >= 15 is 0 Å². The van der Waals surface area contributed by atoms with E-state index in [9.17, 15) is 4.79 Å². The topological polar surface area (TPSA) is 20.3 Å². The predicted molar refractivity (Wildman–Crippen MR) is 112 cm³/mol. The minimum absolute atomic E-state index is 0.116. The Morgan fingerprint density at radius 1 is 0.920 bits per heavy atom. The van der Waals surface area contributed by atoms with E-state index < -0.39 is 0 Å². The van der Waals surface area contributed by atoms with Gasteiger partial charge in [-0.1, -0.05) is 24.3 Å². The van der Waals surface area contributed by atoms with E-state index in [4.69, 9.17) is 0 Å². The number of fused-ring (bicyclic) bond motifs is 1. The summed E-state index contributed by atoms with van der Waals surface area (Å²) in [6, 6.07) is 16.5. The highest BCUT2D eigenvalue weighted by Crippen LogP contribution is 2.43. The number of nitrogens with zero attached hydrogens (tertiary/aromatic N) is 1. The van der Waals surface area contributed by atoms with Crippen molar-refractivity contribution in [3.8, 4) is 0 Å². The average Bonchev–Trinajstić information content (AvgIpc) is 2.91. The Labute approximate surface area is 162 Å². The molecule has 2 heterocycles. The van der Waals surface area contributed by atoms with Crippen LogP contribution in [0, 0.1) is 0 Å². The molecule has 2 aromatic carbocycles. The van der Waals surface area contributed by atoms with Gasteiger partial charge in [0, 0.05) is 17.0 Å². The maximum atomic E-state index is 13.1. The maximum absolute atomic E-state index is 13.1. The van der Waals surface area contributed by atoms with Crippen LogP contribution >= 0.6 is 35.3 Å². The van der Waals surface area contributed by atoms with E-state index in [0.29, 0.717) is 4.58 Å². The molecule has 1 saturated heterocycles. The summed E-state index contributed by atoms with van der Waals surface area (Å²) < 4.78 is 0.521. The molecule has 2 aromatic rings. The highest BCUT2D eigenvalue weighted by Gasteiger charge is 2.23. The Morgan fingerprint density at radius 3 is 2.48 bits per heavy atom. The lowest BCUT2D eigenvalue weighted by atomic mass is 10.1. The van der Waals surface area contributed by atoms with Gasteiger partial charge in [0.15, 0.2) is 0 Å². The van der Waals surface area contributed by atoms with E-state index in [1.54, 1.807) is 0 Å². The number of para-hydroxylation sites is 1. The molecular formula is C20H21NOS3. The Kier molecular flexibility index (Phi) is 5.63. The number of hydrogen-bond acceptors (Lipinski definition) is 4. The minimum Gasteiger partial charge on any atom is -0.307 e. The van der Waals surface area contributed by atoms with Crippen LogP contribution in [0.5, 0.6) is 0 Å². The Morgan fingerprint density at radius 2 is 1.68 bits per heavy atom. The molecule has 1 fully saturated rings. The average molecular weight is 388 g/mol. The maximum Gasteiger partial charge on any atom is 0.258 e. The van der Waals surface area contributed by atoms with Gasteiger partial charge in [-0.25, -0.2) is 0 Å². The van der Waals surface area contributed by atoms with Crippen LogP contribution in [-0.4, -0.2) is 29.7 Å². The quantitative estimate of drug-likeness (QED) is 0.658. The van der Waals surface area contributed by atoms with Crippen molar-refractivity contribution in [3.63, 3.8) is 0 Å². The van der Waals surface area contributed by atoms with Gasteiger partial charge in [0.1, 0.15) is 0 Å². The van der Waals surface area contributed by atoms with Crippen molar-refractivity contribution in [3.05, 3.63) is 59.7 Å². The van der Waals surface area contributed by atoms with Crippen molar-refractivity contribution < 1.29 is 4.79 Å². The van der Waals surface area contributed by atoms with Crippen LogP contribution in [0.3, 0.4) is 0 Å². The second-order valence-electron chi connectivity index (χ2n) is 6.18. The summed E-state index contributed by atoms with van der Waals surface area (Å²) in [5.74, 6) is 3.65. The lowest BCUT2D eigenvalue weighted by Gasteiger charge is -2.24. The zero-order valence-electron chi connectivity index (χ0n) is 14.0. The monoisotopic (exact) mass is 387 g/mol. The second-order valence-corrected chi connectivity index (χ2v) is 10.0. The van der Waals surface area contributed by atoms with Gasteiger partial charge in [-0.2, -0.15) is 0 Å². The van der Waals surface area contributed by atoms with Crippen LogP contribution < -0.4 is 4.90 Å². The van der Waals surface area contributed by atoms with Crippen molar-refractivity contribution >= 4 is 46.9 Å². The number of benzene rings is 2. The fourth-order valence-electron chi connectivity index (χ4n) is 3.16. The minimum atomic E-state index is 0.116. The van der Waals surface area contributed by atoms with Crippen LogP contribution in [0.15, 0.2) is 53.4 Å². The molecule has 130 valence electrons. The molecule has 0 spiro atoms. The summed E-state index contributed by atoms with van der Waals surface area (Å²) in [6.07, 6.45) is 2.33. The van der Waals surface area contributed by atoms with Gasteiger partial charge in [0.25, 0.3) is 5.91 Å². The summed E-state index contributed by atoms with van der Waals surface area (Å²) in [5, 5.41) is 0. The third-order valence-electron chi connectivity index (χ3n) is 4.44. The summed E-state index contributed by atoms with van der Waals surface area (Å²) in [7, 11) is 0. The number of carbonyl (C=O) groups excluding carboxylic acids is 1. The Bertz CT molecular complexity index is 741. The normalized spacial score (nSPS) is 18.5. The Hall–Kier alpha value is -1.04. The van der Waals surface area contributed by atoms with Gasteiger partial charge in [-0.15, -0.1) is 35.3 Å². The van der Waals surface area contributed by atoms with Gasteiger partial charge in [-0.05, 0) is 59.9 Å². The Balaban J connectivity index is 1.56. The van der Waals surface area contributed by atoms with Crippen LogP contribution in [-0.2, 0) is 0 Å². The molecule has 0 unspecified atom stereocenters. The number of thioether (sulfide) groups is 3. The first-order valence-electron chi connectivity index (χ1n) is 8.70. The zero-order valence-corrected chi connectivity index (χ0v) is 16.5. The van der Waals surface area contributed by atoms with Gasteiger partial charge in [0.05, 0.1) is 10.3 Å². The first-order chi connectivity index (χ1) is 12.3. The van der Waals surface area contributed by atoms with E-state index in [0.717, 1.165) is 30.0 Å². The van der Waals surface area contributed by atoms with Crippen molar-refractivity contribution in [2.45, 2.75) is 22.3 Å². The molecular weight excluding hydrogens is 366 g/mol. The van der Waals surface area contributed by atoms with Crippen molar-refractivity contribution in [2.24, 2.45) is 0 Å². The molecule has 0 saturated carbocycles. The van der Waals surface area contributed by atoms with Crippen LogP contribution in [0.2, 0.25) is 0 Å². The van der Waals surface area contributed by atoms with Crippen molar-refractivity contribution in [2.75, 3.05) is 28.7 Å². The smallest absolute Gasteiger partial charge is 0.258 e. The first kappa shape index (κ1) is 17.4. The molecule has 1 amide bonds. The number of carbonyl (C=O) groups is 1. The molecule has 0 aromatic heterocycles. The first-order valence-corrected chi connectivity index (χ1v) is 11.8. The third kappa shape index (κ3) is 3.88. The second kappa shape index (κ2) is 8.11. The van der Waals surface area contributed by atoms with E-state index in [1.807, 2.05) is 64.5 Å². The molecule has 0 atom stereocenters.